The third kappa shape index (κ3) is 16.7. The van der Waals surface area contributed by atoms with Crippen LogP contribution in [0.5, 0.6) is 0 Å². The highest BCUT2D eigenvalue weighted by Crippen LogP contribution is 2.22. The van der Waals surface area contributed by atoms with Crippen LogP contribution < -0.4 is 5.32 Å². The largest absolute Gasteiger partial charge is 0.459 e. The molecule has 2 unspecified atom stereocenters. The van der Waals surface area contributed by atoms with Crippen LogP contribution in [0.15, 0.2) is 12.2 Å². The second-order valence-electron chi connectivity index (χ2n) is 12.9. The number of rotatable bonds is 20. The number of ether oxygens (including phenoxy) is 3. The fourth-order valence-electron chi connectivity index (χ4n) is 5.31. The zero-order valence-electron chi connectivity index (χ0n) is 29.2. The molecule has 12 nitrogen and oxygen atoms in total. The van der Waals surface area contributed by atoms with Gasteiger partial charge in [-0.1, -0.05) is 32.9 Å². The van der Waals surface area contributed by atoms with E-state index in [9.17, 15) is 24.0 Å². The molecule has 254 valence electrons. The van der Waals surface area contributed by atoms with Crippen LogP contribution in [0.4, 0.5) is 4.79 Å². The molecule has 0 aliphatic heterocycles. The van der Waals surface area contributed by atoms with E-state index in [-0.39, 0.29) is 24.2 Å². The van der Waals surface area contributed by atoms with Gasteiger partial charge < -0.3 is 28.9 Å². The first-order valence-electron chi connectivity index (χ1n) is 15.5. The monoisotopic (exact) mass is 627 g/mol. The minimum atomic E-state index is -1.14. The van der Waals surface area contributed by atoms with Crippen molar-refractivity contribution in [2.75, 3.05) is 54.9 Å². The van der Waals surface area contributed by atoms with Gasteiger partial charge in [-0.05, 0) is 59.0 Å². The Bertz CT molecular complexity index is 964. The number of hydrogen-bond donors (Lipinski definition) is 1. The van der Waals surface area contributed by atoms with Gasteiger partial charge in [0.05, 0.1) is 27.7 Å². The van der Waals surface area contributed by atoms with Gasteiger partial charge in [-0.2, -0.15) is 0 Å². The van der Waals surface area contributed by atoms with E-state index in [0.29, 0.717) is 25.8 Å². The number of carbonyl (C=O) groups excluding carboxylic acids is 5. The molecule has 2 amide bonds. The van der Waals surface area contributed by atoms with Crippen molar-refractivity contribution in [3.05, 3.63) is 12.2 Å². The minimum Gasteiger partial charge on any atom is -0.459 e. The Kier molecular flexibility index (Phi) is 18.8. The van der Waals surface area contributed by atoms with Crippen LogP contribution in [-0.2, 0) is 33.4 Å². The molecular weight excluding hydrogens is 568 g/mol. The van der Waals surface area contributed by atoms with E-state index in [1.807, 2.05) is 44.9 Å². The van der Waals surface area contributed by atoms with Crippen molar-refractivity contribution >= 4 is 29.7 Å². The second kappa shape index (κ2) is 20.1. The molecule has 0 aromatic heterocycles. The number of amides is 2. The van der Waals surface area contributed by atoms with Gasteiger partial charge in [0, 0.05) is 26.8 Å². The van der Waals surface area contributed by atoms with Gasteiger partial charge in [-0.3, -0.25) is 24.1 Å². The first-order valence-corrected chi connectivity index (χ1v) is 15.5. The molecular formula is C32H59N4O8+. The number of esters is 2. The highest BCUT2D eigenvalue weighted by Gasteiger charge is 2.36. The van der Waals surface area contributed by atoms with Crippen molar-refractivity contribution in [1.29, 1.82) is 0 Å². The highest BCUT2D eigenvalue weighted by molar-refractivity contribution is 5.88. The summed E-state index contributed by atoms with van der Waals surface area (Å²) in [5.74, 6) is -1.79. The molecule has 12 heteroatoms. The lowest BCUT2D eigenvalue weighted by Crippen LogP contribution is -2.52. The van der Waals surface area contributed by atoms with Gasteiger partial charge in [-0.25, -0.2) is 4.79 Å². The number of carbonyl (C=O) groups is 5. The van der Waals surface area contributed by atoms with Crippen LogP contribution in [0.1, 0.15) is 74.1 Å². The van der Waals surface area contributed by atoms with E-state index in [1.165, 1.54) is 32.7 Å². The molecule has 0 aromatic rings. The number of allylic oxidation sites excluding steroid dienone is 2. The van der Waals surface area contributed by atoms with Crippen LogP contribution in [0.2, 0.25) is 0 Å². The molecule has 0 aromatic carbocycles. The molecule has 0 aliphatic carbocycles. The van der Waals surface area contributed by atoms with E-state index in [2.05, 4.69) is 33.4 Å². The van der Waals surface area contributed by atoms with Gasteiger partial charge in [0.15, 0.2) is 5.78 Å². The first kappa shape index (κ1) is 41.0. The SMILES string of the molecule is C/C=C/C[C@@H](C)[C@@H](OC(=O)CN(C)C(=O)[C@H](CCC(C)C[N+](C)(C)C)NC(=O)OC(C)OC(C)=O)[C@@H](C(C)=O)N(C)CCC. The zero-order chi connectivity index (χ0) is 34.2. The maximum absolute atomic E-state index is 13.6. The van der Waals surface area contributed by atoms with Gasteiger partial charge in [-0.15, -0.1) is 0 Å². The van der Waals surface area contributed by atoms with E-state index in [0.717, 1.165) is 17.4 Å². The summed E-state index contributed by atoms with van der Waals surface area (Å²) in [5.41, 5.74) is 0. The number of hydrogen-bond acceptors (Lipinski definition) is 9. The lowest BCUT2D eigenvalue weighted by atomic mass is 9.91. The molecule has 0 spiro atoms. The van der Waals surface area contributed by atoms with Crippen molar-refractivity contribution in [1.82, 2.24) is 15.1 Å². The minimum absolute atomic E-state index is 0.107. The van der Waals surface area contributed by atoms with Crippen molar-refractivity contribution < 1.29 is 42.7 Å². The van der Waals surface area contributed by atoms with Crippen LogP contribution in [0.3, 0.4) is 0 Å². The molecule has 0 rings (SSSR count). The number of alkyl carbamates (subject to hydrolysis) is 1. The predicted octanol–water partition coefficient (Wildman–Crippen LogP) is 3.38. The molecule has 0 fully saturated rings. The summed E-state index contributed by atoms with van der Waals surface area (Å²) in [5, 5.41) is 2.58. The Hall–Kier alpha value is -2.99. The maximum Gasteiger partial charge on any atom is 0.410 e. The Morgan fingerprint density at radius 3 is 2.05 bits per heavy atom. The standard InChI is InChI=1S/C32H58N4O8/c1-13-15-16-23(4)30(29(24(5)37)34(8)19-14-2)44-28(39)20-35(9)31(40)27(18-17-22(3)21-36(10,11)12)33-32(41)43-26(7)42-25(6)38/h13,15,22-23,26-27,29-30H,14,16-21H2,1-12H3/p+1/b15-13+/t22?,23-,26?,27+,29-,30-/m1/s1. The quantitative estimate of drug-likeness (QED) is 0.0934. The molecule has 0 radical (unpaired) electrons. The van der Waals surface area contributed by atoms with Gasteiger partial charge in [0.25, 0.3) is 0 Å². The summed E-state index contributed by atoms with van der Waals surface area (Å²) < 4.78 is 16.6. The second-order valence-corrected chi connectivity index (χ2v) is 12.9. The summed E-state index contributed by atoms with van der Waals surface area (Å²) >= 11 is 0. The summed E-state index contributed by atoms with van der Waals surface area (Å²) in [6, 6.07) is -1.63. The number of likely N-dealkylation sites (N-methyl/N-ethyl adjacent to an activating group) is 2. The number of Topliss-reactive ketones (excluding diaryl/α,β-unsaturated/α-hetero) is 1. The van der Waals surface area contributed by atoms with Gasteiger partial charge >= 0.3 is 18.0 Å². The fraction of sp³-hybridized carbons (Fsp3) is 0.781. The molecule has 1 N–H and O–H groups in total. The molecule has 0 saturated carbocycles. The van der Waals surface area contributed by atoms with E-state index < -0.39 is 48.4 Å². The van der Waals surface area contributed by atoms with E-state index in [1.54, 1.807) is 0 Å². The molecule has 0 saturated heterocycles. The topological polar surface area (TPSA) is 132 Å². The maximum atomic E-state index is 13.6. The van der Waals surface area contributed by atoms with E-state index in [4.69, 9.17) is 14.2 Å². The van der Waals surface area contributed by atoms with Crippen molar-refractivity contribution in [2.24, 2.45) is 11.8 Å². The lowest BCUT2D eigenvalue weighted by molar-refractivity contribution is -0.873. The molecule has 0 heterocycles. The van der Waals surface area contributed by atoms with Crippen LogP contribution in [-0.4, -0.2) is 123 Å². The average Bonchev–Trinajstić information content (AvgIpc) is 2.87. The summed E-state index contributed by atoms with van der Waals surface area (Å²) in [6.45, 7) is 13.1. The smallest absolute Gasteiger partial charge is 0.410 e. The summed E-state index contributed by atoms with van der Waals surface area (Å²) in [7, 11) is 9.53. The average molecular weight is 628 g/mol. The third-order valence-electron chi connectivity index (χ3n) is 7.10. The number of quaternary nitrogens is 1. The molecule has 0 bridgehead atoms. The fourth-order valence-corrected chi connectivity index (χ4v) is 5.31. The molecule has 44 heavy (non-hydrogen) atoms. The Morgan fingerprint density at radius 2 is 1.55 bits per heavy atom. The number of nitrogens with one attached hydrogen (secondary N) is 1. The molecule has 0 aliphatic rings. The van der Waals surface area contributed by atoms with Gasteiger partial charge in [0.1, 0.15) is 24.7 Å². The highest BCUT2D eigenvalue weighted by atomic mass is 16.7. The molecule has 6 atom stereocenters. The predicted molar refractivity (Wildman–Crippen MR) is 169 cm³/mol. The van der Waals surface area contributed by atoms with Crippen molar-refractivity contribution in [3.8, 4) is 0 Å². The lowest BCUT2D eigenvalue weighted by Gasteiger charge is -2.36. The Balaban J connectivity index is 5.86. The van der Waals surface area contributed by atoms with Gasteiger partial charge in [0.2, 0.25) is 12.2 Å². The first-order chi connectivity index (χ1) is 20.3. The van der Waals surface area contributed by atoms with E-state index >= 15 is 0 Å². The summed E-state index contributed by atoms with van der Waals surface area (Å²) in [6.07, 6.45) is 3.44. The Morgan fingerprint density at radius 1 is 0.932 bits per heavy atom. The third-order valence-corrected chi connectivity index (χ3v) is 7.10. The Labute approximate surface area is 265 Å². The zero-order valence-corrected chi connectivity index (χ0v) is 29.2. The normalized spacial score (nSPS) is 15.9. The van der Waals surface area contributed by atoms with Crippen LogP contribution in [0.25, 0.3) is 0 Å². The summed E-state index contributed by atoms with van der Waals surface area (Å²) in [4.78, 5) is 66.5. The van der Waals surface area contributed by atoms with Crippen molar-refractivity contribution in [2.45, 2.75) is 98.6 Å². The number of nitrogens with zero attached hydrogens (tertiary/aromatic N) is 3. The number of ketones is 1. The van der Waals surface area contributed by atoms with Crippen LogP contribution >= 0.6 is 0 Å². The van der Waals surface area contributed by atoms with Crippen molar-refractivity contribution in [3.63, 3.8) is 0 Å². The van der Waals surface area contributed by atoms with Crippen LogP contribution in [0, 0.1) is 11.8 Å².